The number of carbonyl (C=O) groups is 2. The predicted octanol–water partition coefficient (Wildman–Crippen LogP) is 0.932. The van der Waals surface area contributed by atoms with Gasteiger partial charge in [-0.3, -0.25) is 9.59 Å². The van der Waals surface area contributed by atoms with Crippen molar-refractivity contribution in [3.05, 3.63) is 53.6 Å². The van der Waals surface area contributed by atoms with E-state index in [1.807, 2.05) is 12.1 Å². The maximum atomic E-state index is 12.0. The first-order valence-corrected chi connectivity index (χ1v) is 8.84. The molecule has 1 aliphatic rings. The normalized spacial score (nSPS) is 13.4. The van der Waals surface area contributed by atoms with E-state index >= 15 is 0 Å². The molecule has 1 aliphatic heterocycles. The topological polar surface area (TPSA) is 106 Å². The molecule has 0 bridgehead atoms. The molecule has 2 amide bonds. The number of amides is 2. The molecule has 3 rings (SSSR count). The minimum atomic E-state index is -0.984. The van der Waals surface area contributed by atoms with Crippen LogP contribution in [0.4, 0.5) is 0 Å². The number of rotatable bonds is 6. The third-order valence-electron chi connectivity index (χ3n) is 4.25. The van der Waals surface area contributed by atoms with Gasteiger partial charge in [-0.2, -0.15) is 0 Å². The van der Waals surface area contributed by atoms with Gasteiger partial charge in [0.25, 0.3) is 0 Å². The molecule has 8 heteroatoms. The third-order valence-corrected chi connectivity index (χ3v) is 4.25. The van der Waals surface area contributed by atoms with Gasteiger partial charge < -0.3 is 30.0 Å². The summed E-state index contributed by atoms with van der Waals surface area (Å²) < 4.78 is 16.1. The van der Waals surface area contributed by atoms with Gasteiger partial charge in [-0.25, -0.2) is 0 Å². The highest BCUT2D eigenvalue weighted by molar-refractivity contribution is 6.35. The fourth-order valence-corrected chi connectivity index (χ4v) is 2.76. The van der Waals surface area contributed by atoms with Crippen LogP contribution in [0.2, 0.25) is 0 Å². The molecule has 2 aromatic carbocycles. The van der Waals surface area contributed by atoms with Crippen molar-refractivity contribution in [2.24, 2.45) is 0 Å². The fraction of sp³-hybridized carbons (Fsp3) is 0.300. The van der Waals surface area contributed by atoms with Crippen molar-refractivity contribution >= 4 is 11.8 Å². The van der Waals surface area contributed by atoms with Gasteiger partial charge in [0, 0.05) is 18.7 Å². The first kappa shape index (κ1) is 19.5. The minimum absolute atomic E-state index is 0.111. The quantitative estimate of drug-likeness (QED) is 0.638. The molecule has 1 atom stereocenters. The molecule has 0 aliphatic carbocycles. The van der Waals surface area contributed by atoms with Gasteiger partial charge >= 0.3 is 11.8 Å². The van der Waals surface area contributed by atoms with Crippen molar-refractivity contribution in [1.82, 2.24) is 10.6 Å². The number of fused-ring (bicyclic) bond motifs is 1. The van der Waals surface area contributed by atoms with Crippen LogP contribution >= 0.6 is 0 Å². The minimum Gasteiger partial charge on any atom is -0.496 e. The molecular weight excluding hydrogens is 364 g/mol. The number of carbonyl (C=O) groups excluding carboxylic acids is 2. The lowest BCUT2D eigenvalue weighted by Crippen LogP contribution is -2.41. The summed E-state index contributed by atoms with van der Waals surface area (Å²) in [7, 11) is 1.53. The predicted molar refractivity (Wildman–Crippen MR) is 100 cm³/mol. The summed E-state index contributed by atoms with van der Waals surface area (Å²) in [6, 6.07) is 12.2. The van der Waals surface area contributed by atoms with Gasteiger partial charge in [0.1, 0.15) is 19.0 Å². The van der Waals surface area contributed by atoms with Crippen LogP contribution in [-0.4, -0.2) is 43.8 Å². The van der Waals surface area contributed by atoms with E-state index in [9.17, 15) is 14.7 Å². The van der Waals surface area contributed by atoms with Crippen molar-refractivity contribution < 1.29 is 28.9 Å². The Hall–Kier alpha value is -3.26. The average molecular weight is 386 g/mol. The van der Waals surface area contributed by atoms with Crippen molar-refractivity contribution in [2.45, 2.75) is 12.6 Å². The lowest BCUT2D eigenvalue weighted by molar-refractivity contribution is -0.139. The molecule has 0 spiro atoms. The second kappa shape index (κ2) is 9.09. The standard InChI is InChI=1S/C20H22N2O6/c1-26-16-5-3-2-4-14(16)11-21-19(24)20(25)22-12-15(23)13-6-7-17-18(10-13)28-9-8-27-17/h2-7,10,15,23H,8-9,11-12H2,1H3,(H,21,24)(H,22,25). The van der Waals surface area contributed by atoms with Crippen LogP contribution in [0, 0.1) is 0 Å². The van der Waals surface area contributed by atoms with Crippen LogP contribution in [0.25, 0.3) is 0 Å². The number of hydrogen-bond donors (Lipinski definition) is 3. The SMILES string of the molecule is COc1ccccc1CNC(=O)C(=O)NCC(O)c1ccc2c(c1)OCCO2. The first-order chi connectivity index (χ1) is 13.6. The third kappa shape index (κ3) is 4.72. The molecule has 0 saturated carbocycles. The summed E-state index contributed by atoms with van der Waals surface area (Å²) in [4.78, 5) is 24.0. The number of benzene rings is 2. The van der Waals surface area contributed by atoms with Crippen LogP contribution in [0.5, 0.6) is 17.2 Å². The van der Waals surface area contributed by atoms with Gasteiger partial charge in [0.15, 0.2) is 11.5 Å². The van der Waals surface area contributed by atoms with Crippen LogP contribution in [0.1, 0.15) is 17.2 Å². The number of nitrogens with one attached hydrogen (secondary N) is 2. The summed E-state index contributed by atoms with van der Waals surface area (Å²) in [6.07, 6.45) is -0.984. The molecule has 28 heavy (non-hydrogen) atoms. The Kier molecular flexibility index (Phi) is 6.33. The molecule has 0 fully saturated rings. The van der Waals surface area contributed by atoms with Crippen molar-refractivity contribution in [3.8, 4) is 17.2 Å². The molecular formula is C20H22N2O6. The maximum absolute atomic E-state index is 12.0. The molecule has 0 saturated heterocycles. The molecule has 0 aromatic heterocycles. The van der Waals surface area contributed by atoms with Crippen LogP contribution in [0.3, 0.4) is 0 Å². The molecule has 3 N–H and O–H groups in total. The molecule has 148 valence electrons. The Balaban J connectivity index is 1.49. The zero-order chi connectivity index (χ0) is 19.9. The van der Waals surface area contributed by atoms with E-state index < -0.39 is 17.9 Å². The second-order valence-corrected chi connectivity index (χ2v) is 6.12. The Morgan fingerprint density at radius 2 is 1.79 bits per heavy atom. The number of para-hydroxylation sites is 1. The van der Waals surface area contributed by atoms with Crippen molar-refractivity contribution in [2.75, 3.05) is 26.9 Å². The summed E-state index contributed by atoms with van der Waals surface area (Å²) in [5.41, 5.74) is 1.31. The number of ether oxygens (including phenoxy) is 3. The highest BCUT2D eigenvalue weighted by atomic mass is 16.6. The van der Waals surface area contributed by atoms with E-state index in [0.29, 0.717) is 36.0 Å². The zero-order valence-electron chi connectivity index (χ0n) is 15.4. The van der Waals surface area contributed by atoms with Gasteiger partial charge in [-0.1, -0.05) is 24.3 Å². The molecule has 1 heterocycles. The summed E-state index contributed by atoms with van der Waals surface area (Å²) in [6.45, 7) is 0.964. The molecule has 2 aromatic rings. The summed E-state index contributed by atoms with van der Waals surface area (Å²) in [5.74, 6) is 0.162. The fourth-order valence-electron chi connectivity index (χ4n) is 2.76. The Morgan fingerprint density at radius 1 is 1.07 bits per heavy atom. The van der Waals surface area contributed by atoms with E-state index in [4.69, 9.17) is 14.2 Å². The van der Waals surface area contributed by atoms with Crippen molar-refractivity contribution in [1.29, 1.82) is 0 Å². The Bertz CT molecular complexity index is 854. The molecule has 0 radical (unpaired) electrons. The van der Waals surface area contributed by atoms with E-state index in [1.54, 1.807) is 30.3 Å². The van der Waals surface area contributed by atoms with Gasteiger partial charge in [-0.05, 0) is 23.8 Å². The first-order valence-electron chi connectivity index (χ1n) is 8.84. The van der Waals surface area contributed by atoms with Gasteiger partial charge in [0.05, 0.1) is 13.2 Å². The monoisotopic (exact) mass is 386 g/mol. The summed E-state index contributed by atoms with van der Waals surface area (Å²) >= 11 is 0. The van der Waals surface area contributed by atoms with E-state index in [2.05, 4.69) is 10.6 Å². The Labute approximate surface area is 162 Å². The summed E-state index contributed by atoms with van der Waals surface area (Å²) in [5, 5.41) is 15.2. The highest BCUT2D eigenvalue weighted by Gasteiger charge is 2.18. The number of hydrogen-bond acceptors (Lipinski definition) is 6. The van der Waals surface area contributed by atoms with Crippen LogP contribution in [0.15, 0.2) is 42.5 Å². The average Bonchev–Trinajstić information content (AvgIpc) is 2.75. The van der Waals surface area contributed by atoms with E-state index in [0.717, 1.165) is 5.56 Å². The van der Waals surface area contributed by atoms with E-state index in [-0.39, 0.29) is 13.1 Å². The molecule has 1 unspecified atom stereocenters. The van der Waals surface area contributed by atoms with Crippen molar-refractivity contribution in [3.63, 3.8) is 0 Å². The number of aliphatic hydroxyl groups is 1. The second-order valence-electron chi connectivity index (χ2n) is 6.12. The highest BCUT2D eigenvalue weighted by Crippen LogP contribution is 2.32. The van der Waals surface area contributed by atoms with Crippen LogP contribution in [-0.2, 0) is 16.1 Å². The maximum Gasteiger partial charge on any atom is 0.309 e. The number of methoxy groups -OCH3 is 1. The number of aliphatic hydroxyl groups excluding tert-OH is 1. The Morgan fingerprint density at radius 3 is 2.57 bits per heavy atom. The van der Waals surface area contributed by atoms with Crippen LogP contribution < -0.4 is 24.8 Å². The largest absolute Gasteiger partial charge is 0.496 e. The lowest BCUT2D eigenvalue weighted by atomic mass is 10.1. The smallest absolute Gasteiger partial charge is 0.309 e. The zero-order valence-corrected chi connectivity index (χ0v) is 15.4. The van der Waals surface area contributed by atoms with E-state index in [1.165, 1.54) is 7.11 Å². The molecule has 8 nitrogen and oxygen atoms in total. The van der Waals surface area contributed by atoms with Gasteiger partial charge in [0.2, 0.25) is 0 Å². The lowest BCUT2D eigenvalue weighted by Gasteiger charge is -2.20. The van der Waals surface area contributed by atoms with Gasteiger partial charge in [-0.15, -0.1) is 0 Å².